The summed E-state index contributed by atoms with van der Waals surface area (Å²) in [5.41, 5.74) is 1.20. The van der Waals surface area contributed by atoms with Gasteiger partial charge in [0.05, 0.1) is 12.2 Å². The molecule has 0 bridgehead atoms. The normalized spacial score (nSPS) is 19.1. The van der Waals surface area contributed by atoms with Crippen molar-refractivity contribution in [3.8, 4) is 5.75 Å². The van der Waals surface area contributed by atoms with Gasteiger partial charge in [0.1, 0.15) is 5.75 Å². The maximum atomic E-state index is 10.7. The van der Waals surface area contributed by atoms with Gasteiger partial charge in [-0.25, -0.2) is 4.79 Å². The molecule has 1 heterocycles. The maximum Gasteiger partial charge on any atom is 0.335 e. The van der Waals surface area contributed by atoms with Crippen LogP contribution in [0.1, 0.15) is 15.9 Å². The molecule has 1 aromatic rings. The van der Waals surface area contributed by atoms with Crippen LogP contribution in [0.2, 0.25) is 0 Å². The zero-order chi connectivity index (χ0) is 10.8. The van der Waals surface area contributed by atoms with Crippen LogP contribution < -0.4 is 4.74 Å². The molecule has 0 aliphatic carbocycles. The van der Waals surface area contributed by atoms with Gasteiger partial charge in [0.25, 0.3) is 0 Å². The zero-order valence-corrected chi connectivity index (χ0v) is 8.14. The molecule has 0 fully saturated rings. The molecule has 1 aliphatic rings. The Labute approximate surface area is 87.1 Å². The van der Waals surface area contributed by atoms with Crippen LogP contribution in [-0.4, -0.2) is 29.4 Å². The van der Waals surface area contributed by atoms with Crippen molar-refractivity contribution in [2.45, 2.75) is 6.42 Å². The van der Waals surface area contributed by atoms with E-state index in [1.54, 1.807) is 12.1 Å². The molecule has 4 heteroatoms. The number of ether oxygens (including phenoxy) is 1. The third kappa shape index (κ3) is 1.94. The van der Waals surface area contributed by atoms with E-state index >= 15 is 0 Å². The van der Waals surface area contributed by atoms with Gasteiger partial charge in [0.15, 0.2) is 0 Å². The molecule has 1 unspecified atom stereocenters. The lowest BCUT2D eigenvalue weighted by atomic mass is 9.96. The minimum atomic E-state index is -0.953. The van der Waals surface area contributed by atoms with Gasteiger partial charge in [-0.2, -0.15) is 0 Å². The van der Waals surface area contributed by atoms with Crippen molar-refractivity contribution in [1.29, 1.82) is 0 Å². The van der Waals surface area contributed by atoms with E-state index in [0.717, 1.165) is 12.0 Å². The molecule has 80 valence electrons. The minimum Gasteiger partial charge on any atom is -0.493 e. The van der Waals surface area contributed by atoms with E-state index in [0.29, 0.717) is 12.4 Å². The summed E-state index contributed by atoms with van der Waals surface area (Å²) in [7, 11) is 0. The van der Waals surface area contributed by atoms with Gasteiger partial charge < -0.3 is 14.9 Å². The highest BCUT2D eigenvalue weighted by Crippen LogP contribution is 2.28. The van der Waals surface area contributed by atoms with Gasteiger partial charge in [0, 0.05) is 12.5 Å². The van der Waals surface area contributed by atoms with Crippen LogP contribution in [-0.2, 0) is 6.42 Å². The summed E-state index contributed by atoms with van der Waals surface area (Å²) in [5, 5.41) is 17.8. The number of rotatable bonds is 2. The fraction of sp³-hybridized carbons (Fsp3) is 0.364. The Morgan fingerprint density at radius 2 is 2.33 bits per heavy atom. The van der Waals surface area contributed by atoms with Gasteiger partial charge >= 0.3 is 5.97 Å². The topological polar surface area (TPSA) is 66.8 Å². The molecule has 0 saturated carbocycles. The van der Waals surface area contributed by atoms with Crippen LogP contribution in [0.5, 0.6) is 5.75 Å². The molecule has 15 heavy (non-hydrogen) atoms. The number of carboxylic acid groups (broad SMARTS) is 1. The Balaban J connectivity index is 2.28. The van der Waals surface area contributed by atoms with Gasteiger partial charge in [0.2, 0.25) is 0 Å². The lowest BCUT2D eigenvalue weighted by Gasteiger charge is -2.23. The van der Waals surface area contributed by atoms with Gasteiger partial charge in [-0.05, 0) is 24.1 Å². The van der Waals surface area contributed by atoms with Crippen LogP contribution in [0.15, 0.2) is 18.2 Å². The molecule has 0 amide bonds. The van der Waals surface area contributed by atoms with Gasteiger partial charge in [-0.3, -0.25) is 0 Å². The number of fused-ring (bicyclic) bond motifs is 1. The molecule has 1 atom stereocenters. The van der Waals surface area contributed by atoms with Gasteiger partial charge in [-0.15, -0.1) is 0 Å². The predicted octanol–water partition coefficient (Wildman–Crippen LogP) is 0.928. The monoisotopic (exact) mass is 208 g/mol. The van der Waals surface area contributed by atoms with Crippen LogP contribution in [0.25, 0.3) is 0 Å². The summed E-state index contributed by atoms with van der Waals surface area (Å²) in [6, 6.07) is 4.84. The molecule has 1 aromatic carbocycles. The second-order valence-corrected chi connectivity index (χ2v) is 3.69. The third-order valence-corrected chi connectivity index (χ3v) is 2.56. The molecular formula is C11H12O4. The first-order valence-electron chi connectivity index (χ1n) is 4.80. The van der Waals surface area contributed by atoms with Crippen molar-refractivity contribution >= 4 is 5.97 Å². The first-order chi connectivity index (χ1) is 7.20. The number of aliphatic hydroxyl groups is 1. The second-order valence-electron chi connectivity index (χ2n) is 3.69. The van der Waals surface area contributed by atoms with Crippen molar-refractivity contribution in [1.82, 2.24) is 0 Å². The highest BCUT2D eigenvalue weighted by molar-refractivity contribution is 5.88. The summed E-state index contributed by atoms with van der Waals surface area (Å²) in [6.07, 6.45) is 0.742. The number of hydrogen-bond acceptors (Lipinski definition) is 3. The Kier molecular flexibility index (Phi) is 2.60. The Hall–Kier alpha value is -1.55. The third-order valence-electron chi connectivity index (χ3n) is 2.56. The maximum absolute atomic E-state index is 10.7. The first-order valence-corrected chi connectivity index (χ1v) is 4.80. The van der Waals surface area contributed by atoms with Gasteiger partial charge in [-0.1, -0.05) is 6.07 Å². The smallest absolute Gasteiger partial charge is 0.335 e. The molecule has 4 nitrogen and oxygen atoms in total. The standard InChI is InChI=1S/C11H12O4/c12-5-7-3-8-1-2-9(11(13)14)4-10(8)15-6-7/h1-2,4,7,12H,3,5-6H2,(H,13,14). The van der Waals surface area contributed by atoms with E-state index in [-0.39, 0.29) is 18.1 Å². The molecule has 0 spiro atoms. The minimum absolute atomic E-state index is 0.0973. The average Bonchev–Trinajstić information content (AvgIpc) is 2.27. The molecule has 2 N–H and O–H groups in total. The van der Waals surface area contributed by atoms with Crippen molar-refractivity contribution in [2.75, 3.05) is 13.2 Å². The van der Waals surface area contributed by atoms with Crippen LogP contribution in [0, 0.1) is 5.92 Å². The van der Waals surface area contributed by atoms with E-state index in [2.05, 4.69) is 0 Å². The first kappa shape index (κ1) is 9.98. The van der Waals surface area contributed by atoms with E-state index < -0.39 is 5.97 Å². The van der Waals surface area contributed by atoms with E-state index in [1.165, 1.54) is 6.07 Å². The Bertz CT molecular complexity index is 386. The second kappa shape index (κ2) is 3.90. The molecule has 1 aliphatic heterocycles. The van der Waals surface area contributed by atoms with Crippen molar-refractivity contribution in [2.24, 2.45) is 5.92 Å². The highest BCUT2D eigenvalue weighted by atomic mass is 16.5. The number of aromatic carboxylic acids is 1. The SMILES string of the molecule is O=C(O)c1ccc2c(c1)OCC(CO)C2. The number of benzene rings is 1. The number of aliphatic hydroxyl groups excluding tert-OH is 1. The van der Waals surface area contributed by atoms with E-state index in [4.69, 9.17) is 14.9 Å². The van der Waals surface area contributed by atoms with Crippen molar-refractivity contribution in [3.63, 3.8) is 0 Å². The largest absolute Gasteiger partial charge is 0.493 e. The molecular weight excluding hydrogens is 196 g/mol. The number of carbonyl (C=O) groups is 1. The van der Waals surface area contributed by atoms with Crippen LogP contribution >= 0.6 is 0 Å². The summed E-state index contributed by atoms with van der Waals surface area (Å²) in [4.78, 5) is 10.7. The molecule has 2 rings (SSSR count). The summed E-state index contributed by atoms with van der Waals surface area (Å²) < 4.78 is 5.39. The fourth-order valence-electron chi connectivity index (χ4n) is 1.69. The lowest BCUT2D eigenvalue weighted by molar-refractivity contribution is 0.0695. The van der Waals surface area contributed by atoms with Crippen LogP contribution in [0.3, 0.4) is 0 Å². The summed E-state index contributed by atoms with van der Waals surface area (Å²) in [5.74, 6) is -0.210. The van der Waals surface area contributed by atoms with E-state index in [9.17, 15) is 4.79 Å². The summed E-state index contributed by atoms with van der Waals surface area (Å²) in [6.45, 7) is 0.548. The molecule has 0 aromatic heterocycles. The van der Waals surface area contributed by atoms with Crippen LogP contribution in [0.4, 0.5) is 0 Å². The number of carboxylic acids is 1. The highest BCUT2D eigenvalue weighted by Gasteiger charge is 2.20. The molecule has 0 saturated heterocycles. The lowest BCUT2D eigenvalue weighted by Crippen LogP contribution is -2.23. The Morgan fingerprint density at radius 3 is 3.00 bits per heavy atom. The van der Waals surface area contributed by atoms with Crippen molar-refractivity contribution in [3.05, 3.63) is 29.3 Å². The van der Waals surface area contributed by atoms with Crippen molar-refractivity contribution < 1.29 is 19.7 Å². The number of hydrogen-bond donors (Lipinski definition) is 2. The Morgan fingerprint density at radius 1 is 1.53 bits per heavy atom. The average molecular weight is 208 g/mol. The predicted molar refractivity (Wildman–Crippen MR) is 53.2 cm³/mol. The summed E-state index contributed by atoms with van der Waals surface area (Å²) >= 11 is 0. The quantitative estimate of drug-likeness (QED) is 0.758. The van der Waals surface area contributed by atoms with E-state index in [1.807, 2.05) is 0 Å². The molecule has 0 radical (unpaired) electrons. The fourth-order valence-corrected chi connectivity index (χ4v) is 1.69. The zero-order valence-electron chi connectivity index (χ0n) is 8.14.